The summed E-state index contributed by atoms with van der Waals surface area (Å²) in [6.07, 6.45) is 14.0. The summed E-state index contributed by atoms with van der Waals surface area (Å²) in [6, 6.07) is -0.816. The molecule has 6 unspecified atom stereocenters. The first-order chi connectivity index (χ1) is 17.3. The minimum absolute atomic E-state index is 0.0182. The molecule has 0 radical (unpaired) electrons. The minimum Gasteiger partial charge on any atom is -0.462 e. The minimum atomic E-state index is -3.60. The zero-order chi connectivity index (χ0) is 25.3. The second-order valence-corrected chi connectivity index (χ2v) is 14.5. The highest BCUT2D eigenvalue weighted by molar-refractivity contribution is 7.90. The Morgan fingerprint density at radius 3 is 2.33 bits per heavy atom. The van der Waals surface area contributed by atoms with E-state index in [4.69, 9.17) is 9.47 Å². The first-order valence-electron chi connectivity index (χ1n) is 14.7. The molecule has 7 nitrogen and oxygen atoms in total. The van der Waals surface area contributed by atoms with E-state index in [2.05, 4.69) is 11.6 Å². The van der Waals surface area contributed by atoms with Crippen LogP contribution in [0.1, 0.15) is 110 Å². The number of fused-ring (bicyclic) bond motifs is 3. The van der Waals surface area contributed by atoms with Gasteiger partial charge in [0.05, 0.1) is 11.2 Å². The Kier molecular flexibility index (Phi) is 8.31. The third-order valence-corrected chi connectivity index (χ3v) is 12.0. The van der Waals surface area contributed by atoms with Gasteiger partial charge < -0.3 is 9.47 Å². The third-order valence-electron chi connectivity index (χ3n) is 10.1. The normalized spacial score (nSPS) is 38.8. The van der Waals surface area contributed by atoms with Crippen molar-refractivity contribution in [3.05, 3.63) is 0 Å². The number of esters is 2. The quantitative estimate of drug-likeness (QED) is 0.499. The van der Waals surface area contributed by atoms with Gasteiger partial charge in [-0.25, -0.2) is 13.1 Å². The van der Waals surface area contributed by atoms with Gasteiger partial charge in [-0.05, 0) is 87.9 Å². The lowest BCUT2D eigenvalue weighted by atomic mass is 9.65. The molecule has 4 aliphatic carbocycles. The van der Waals surface area contributed by atoms with Crippen LogP contribution >= 0.6 is 0 Å². The van der Waals surface area contributed by atoms with Crippen LogP contribution in [0.2, 0.25) is 0 Å². The molecule has 1 N–H and O–H groups in total. The Bertz CT molecular complexity index is 892. The number of hydrogen-bond acceptors (Lipinski definition) is 6. The molecule has 0 spiro atoms. The number of nitrogens with one attached hydrogen (secondary N) is 1. The van der Waals surface area contributed by atoms with E-state index in [1.165, 1.54) is 6.42 Å². The maximum absolute atomic E-state index is 13.5. The molecule has 0 aromatic heterocycles. The van der Waals surface area contributed by atoms with Crippen LogP contribution in [0.15, 0.2) is 0 Å². The van der Waals surface area contributed by atoms with E-state index >= 15 is 0 Å². The highest BCUT2D eigenvalue weighted by atomic mass is 32.2. The molecule has 5 fully saturated rings. The molecule has 4 saturated carbocycles. The Hall–Kier alpha value is -1.15. The maximum Gasteiger partial charge on any atom is 0.324 e. The van der Waals surface area contributed by atoms with Crippen LogP contribution < -0.4 is 4.72 Å². The van der Waals surface area contributed by atoms with Crippen molar-refractivity contribution in [3.63, 3.8) is 0 Å². The highest BCUT2D eigenvalue weighted by Gasteiger charge is 2.49. The number of ether oxygens (including phenoxy) is 2. The van der Waals surface area contributed by atoms with Crippen molar-refractivity contribution in [2.24, 2.45) is 29.6 Å². The van der Waals surface area contributed by atoms with Crippen molar-refractivity contribution in [1.29, 1.82) is 0 Å². The first-order valence-corrected chi connectivity index (χ1v) is 16.3. The number of carbonyl (C=O) groups is 2. The van der Waals surface area contributed by atoms with Crippen LogP contribution in [-0.2, 0) is 29.1 Å². The SMILES string of the molecule is CC1CCC(S(=O)(=O)NC(C(=O)OC2CCC3C(C2)OC(=O)C2CCCCC23)C2CCCCC2)CC1. The van der Waals surface area contributed by atoms with E-state index in [0.717, 1.165) is 77.0 Å². The molecule has 1 heterocycles. The second-order valence-electron chi connectivity index (χ2n) is 12.5. The standard InChI is InChI=1S/C28H45NO6S/c1-18-11-14-21(15-12-18)36(32,33)29-26(19-7-3-2-4-8-19)28(31)34-20-13-16-23-22-9-5-6-10-24(22)27(30)35-25(23)17-20/h18-26,29H,2-17H2,1H3. The van der Waals surface area contributed by atoms with E-state index in [1.807, 2.05) is 0 Å². The Morgan fingerprint density at radius 1 is 0.889 bits per heavy atom. The fourth-order valence-corrected chi connectivity index (χ4v) is 9.63. The Morgan fingerprint density at radius 2 is 1.58 bits per heavy atom. The van der Waals surface area contributed by atoms with Crippen molar-refractivity contribution in [2.45, 2.75) is 133 Å². The molecular weight excluding hydrogens is 478 g/mol. The molecule has 8 heteroatoms. The molecule has 1 aliphatic heterocycles. The summed E-state index contributed by atoms with van der Waals surface area (Å²) in [6.45, 7) is 2.17. The molecule has 0 aromatic rings. The smallest absolute Gasteiger partial charge is 0.324 e. The fourth-order valence-electron chi connectivity index (χ4n) is 7.90. The molecule has 6 atom stereocenters. The Balaban J connectivity index is 1.24. The fraction of sp³-hybridized carbons (Fsp3) is 0.929. The van der Waals surface area contributed by atoms with Gasteiger partial charge >= 0.3 is 11.9 Å². The summed E-state index contributed by atoms with van der Waals surface area (Å²) in [7, 11) is -3.60. The number of carbonyl (C=O) groups excluding carboxylic acids is 2. The molecule has 0 bridgehead atoms. The maximum atomic E-state index is 13.5. The Labute approximate surface area is 216 Å². The van der Waals surface area contributed by atoms with Crippen LogP contribution in [0.5, 0.6) is 0 Å². The summed E-state index contributed by atoms with van der Waals surface area (Å²) in [4.78, 5) is 26.2. The van der Waals surface area contributed by atoms with Crippen LogP contribution in [0.25, 0.3) is 0 Å². The molecule has 0 aromatic carbocycles. The lowest BCUT2D eigenvalue weighted by Crippen LogP contribution is -2.53. The van der Waals surface area contributed by atoms with Crippen molar-refractivity contribution in [1.82, 2.24) is 4.72 Å². The van der Waals surface area contributed by atoms with Crippen molar-refractivity contribution >= 4 is 22.0 Å². The predicted octanol–water partition coefficient (Wildman–Crippen LogP) is 4.88. The lowest BCUT2D eigenvalue weighted by molar-refractivity contribution is -0.187. The van der Waals surface area contributed by atoms with Gasteiger partial charge in [-0.1, -0.05) is 39.0 Å². The van der Waals surface area contributed by atoms with Gasteiger partial charge in [0, 0.05) is 6.42 Å². The van der Waals surface area contributed by atoms with Gasteiger partial charge in [-0.15, -0.1) is 0 Å². The van der Waals surface area contributed by atoms with Crippen LogP contribution in [-0.4, -0.2) is 43.9 Å². The molecule has 5 rings (SSSR count). The van der Waals surface area contributed by atoms with Gasteiger partial charge in [0.15, 0.2) is 0 Å². The van der Waals surface area contributed by atoms with Gasteiger partial charge in [0.1, 0.15) is 18.2 Å². The van der Waals surface area contributed by atoms with Crippen LogP contribution in [0, 0.1) is 29.6 Å². The largest absolute Gasteiger partial charge is 0.462 e. The average Bonchev–Trinajstić information content (AvgIpc) is 2.88. The highest BCUT2D eigenvalue weighted by Crippen LogP contribution is 2.47. The van der Waals surface area contributed by atoms with Crippen molar-refractivity contribution in [3.8, 4) is 0 Å². The van der Waals surface area contributed by atoms with E-state index in [0.29, 0.717) is 37.0 Å². The number of sulfonamides is 1. The topological polar surface area (TPSA) is 98.8 Å². The molecule has 0 amide bonds. The second kappa shape index (κ2) is 11.3. The molecule has 204 valence electrons. The van der Waals surface area contributed by atoms with E-state index in [1.54, 1.807) is 0 Å². The molecule has 1 saturated heterocycles. The number of rotatable bonds is 6. The van der Waals surface area contributed by atoms with Crippen molar-refractivity contribution in [2.75, 3.05) is 0 Å². The van der Waals surface area contributed by atoms with E-state index in [9.17, 15) is 18.0 Å². The lowest BCUT2D eigenvalue weighted by Gasteiger charge is -2.47. The number of hydrogen-bond donors (Lipinski definition) is 1. The summed E-state index contributed by atoms with van der Waals surface area (Å²) >= 11 is 0. The van der Waals surface area contributed by atoms with Crippen LogP contribution in [0.3, 0.4) is 0 Å². The third kappa shape index (κ3) is 5.79. The summed E-state index contributed by atoms with van der Waals surface area (Å²) in [5.41, 5.74) is 0. The van der Waals surface area contributed by atoms with Gasteiger partial charge in [-0.3, -0.25) is 9.59 Å². The van der Waals surface area contributed by atoms with Crippen LogP contribution in [0.4, 0.5) is 0 Å². The molecule has 5 aliphatic rings. The monoisotopic (exact) mass is 523 g/mol. The summed E-state index contributed by atoms with van der Waals surface area (Å²) in [5.74, 6) is 0.857. The molecular formula is C28H45NO6S. The predicted molar refractivity (Wildman–Crippen MR) is 136 cm³/mol. The summed E-state index contributed by atoms with van der Waals surface area (Å²) < 4.78 is 41.4. The zero-order valence-corrected chi connectivity index (χ0v) is 22.7. The van der Waals surface area contributed by atoms with E-state index in [-0.39, 0.29) is 30.0 Å². The van der Waals surface area contributed by atoms with E-state index < -0.39 is 27.3 Å². The zero-order valence-electron chi connectivity index (χ0n) is 21.9. The van der Waals surface area contributed by atoms with Gasteiger partial charge in [-0.2, -0.15) is 0 Å². The molecule has 36 heavy (non-hydrogen) atoms. The first kappa shape index (κ1) is 26.5. The summed E-state index contributed by atoms with van der Waals surface area (Å²) in [5, 5.41) is -0.423. The average molecular weight is 524 g/mol. The van der Waals surface area contributed by atoms with Gasteiger partial charge in [0.25, 0.3) is 0 Å². The van der Waals surface area contributed by atoms with Crippen molar-refractivity contribution < 1.29 is 27.5 Å². The van der Waals surface area contributed by atoms with Gasteiger partial charge in [0.2, 0.25) is 10.0 Å².